The van der Waals surface area contributed by atoms with E-state index in [-0.39, 0.29) is 36.4 Å². The number of carbonyl (C=O) groups is 1. The van der Waals surface area contributed by atoms with Crippen molar-refractivity contribution in [3.05, 3.63) is 35.4 Å². The number of hydrogen-bond acceptors (Lipinski definition) is 3. The number of rotatable bonds is 6. The number of nitrogens with one attached hydrogen (secondary N) is 1. The number of nitrogens with zero attached hydrogens (tertiary/aromatic N) is 3. The normalized spacial score (nSPS) is 17.3. The van der Waals surface area contributed by atoms with E-state index < -0.39 is 0 Å². The van der Waals surface area contributed by atoms with Crippen molar-refractivity contribution < 1.29 is 9.53 Å². The molecule has 29 heavy (non-hydrogen) atoms. The van der Waals surface area contributed by atoms with Crippen LogP contribution in [-0.4, -0.2) is 68.1 Å². The summed E-state index contributed by atoms with van der Waals surface area (Å²) in [7, 11) is 2.06. The van der Waals surface area contributed by atoms with Gasteiger partial charge in [-0.05, 0) is 49.7 Å². The molecule has 1 saturated heterocycles. The average molecular weight is 514 g/mol. The summed E-state index contributed by atoms with van der Waals surface area (Å²) >= 11 is 0. The molecular formula is C22H35IN4O2. The third kappa shape index (κ3) is 7.13. The fourth-order valence-electron chi connectivity index (χ4n) is 3.94. The highest BCUT2D eigenvalue weighted by Crippen LogP contribution is 2.19. The summed E-state index contributed by atoms with van der Waals surface area (Å²) in [6, 6.07) is 8.39. The average Bonchev–Trinajstić information content (AvgIpc) is 2.75. The number of fused-ring (bicyclic) bond motifs is 1. The Balaban J connectivity index is 0.00000300. The van der Waals surface area contributed by atoms with Crippen molar-refractivity contribution in [2.45, 2.75) is 39.2 Å². The van der Waals surface area contributed by atoms with Gasteiger partial charge in [-0.1, -0.05) is 24.3 Å². The van der Waals surface area contributed by atoms with Gasteiger partial charge in [-0.2, -0.15) is 0 Å². The Morgan fingerprint density at radius 2 is 2.00 bits per heavy atom. The lowest BCUT2D eigenvalue weighted by Gasteiger charge is -2.29. The third-order valence-electron chi connectivity index (χ3n) is 5.76. The molecule has 0 radical (unpaired) electrons. The molecule has 0 aromatic heterocycles. The molecule has 0 atom stereocenters. The lowest BCUT2D eigenvalue weighted by molar-refractivity contribution is -0.130. The van der Waals surface area contributed by atoms with Crippen molar-refractivity contribution >= 4 is 35.8 Å². The SMILES string of the molecule is CCNC(=NCC(=O)N1CCc2ccccc2C1)N(C)CCC1CCOCC1.I. The van der Waals surface area contributed by atoms with Crippen molar-refractivity contribution in [1.29, 1.82) is 0 Å². The standard InChI is InChI=1S/C22H34N4O2.HI/c1-3-23-22(25(2)12-8-18-10-14-28-15-11-18)24-16-21(27)26-13-9-19-6-4-5-7-20(19)17-26;/h4-7,18H,3,8-17H2,1-2H3,(H,23,24);1H. The van der Waals surface area contributed by atoms with E-state index in [0.717, 1.165) is 70.4 Å². The fourth-order valence-corrected chi connectivity index (χ4v) is 3.94. The number of aliphatic imine (C=N–C) groups is 1. The molecule has 7 heteroatoms. The molecule has 3 rings (SSSR count). The number of ether oxygens (including phenoxy) is 1. The Morgan fingerprint density at radius 3 is 2.72 bits per heavy atom. The van der Waals surface area contributed by atoms with E-state index in [0.29, 0.717) is 6.54 Å². The van der Waals surface area contributed by atoms with Crippen molar-refractivity contribution in [2.75, 3.05) is 46.4 Å². The molecule has 1 N–H and O–H groups in total. The minimum Gasteiger partial charge on any atom is -0.381 e. The van der Waals surface area contributed by atoms with Crippen LogP contribution in [-0.2, 0) is 22.5 Å². The zero-order chi connectivity index (χ0) is 19.8. The zero-order valence-corrected chi connectivity index (χ0v) is 20.1. The summed E-state index contributed by atoms with van der Waals surface area (Å²) in [6.45, 7) is 7.25. The first-order valence-electron chi connectivity index (χ1n) is 10.6. The summed E-state index contributed by atoms with van der Waals surface area (Å²) in [5, 5.41) is 3.32. The molecule has 1 amide bonds. The fraction of sp³-hybridized carbons (Fsp3) is 0.636. The molecular weight excluding hydrogens is 479 g/mol. The molecule has 0 aliphatic carbocycles. The minimum atomic E-state index is 0. The molecule has 162 valence electrons. The van der Waals surface area contributed by atoms with E-state index in [1.165, 1.54) is 11.1 Å². The Bertz CT molecular complexity index is 677. The summed E-state index contributed by atoms with van der Waals surface area (Å²) in [5.74, 6) is 1.65. The van der Waals surface area contributed by atoms with Gasteiger partial charge in [0.2, 0.25) is 5.91 Å². The lowest BCUT2D eigenvalue weighted by Crippen LogP contribution is -2.42. The molecule has 2 aliphatic heterocycles. The quantitative estimate of drug-likeness (QED) is 0.361. The van der Waals surface area contributed by atoms with Crippen molar-refractivity contribution in [1.82, 2.24) is 15.1 Å². The predicted octanol–water partition coefficient (Wildman–Crippen LogP) is 2.90. The van der Waals surface area contributed by atoms with Crippen molar-refractivity contribution in [2.24, 2.45) is 10.9 Å². The highest BCUT2D eigenvalue weighted by atomic mass is 127. The molecule has 1 aromatic rings. The van der Waals surface area contributed by atoms with Crippen LogP contribution in [0.15, 0.2) is 29.3 Å². The second kappa shape index (κ2) is 12.4. The van der Waals surface area contributed by atoms with Crippen LogP contribution in [0.1, 0.15) is 37.3 Å². The molecule has 0 bridgehead atoms. The molecule has 0 unspecified atom stereocenters. The number of amides is 1. The Morgan fingerprint density at radius 1 is 1.28 bits per heavy atom. The van der Waals surface area contributed by atoms with Gasteiger partial charge < -0.3 is 19.9 Å². The van der Waals surface area contributed by atoms with E-state index in [9.17, 15) is 4.79 Å². The van der Waals surface area contributed by atoms with Crippen molar-refractivity contribution in [3.8, 4) is 0 Å². The van der Waals surface area contributed by atoms with Gasteiger partial charge in [-0.25, -0.2) is 4.99 Å². The van der Waals surface area contributed by atoms with Gasteiger partial charge in [0.05, 0.1) is 0 Å². The van der Waals surface area contributed by atoms with Gasteiger partial charge in [0.25, 0.3) is 0 Å². The lowest BCUT2D eigenvalue weighted by atomic mass is 9.96. The Kier molecular flexibility index (Phi) is 10.2. The first-order chi connectivity index (χ1) is 13.7. The smallest absolute Gasteiger partial charge is 0.244 e. The predicted molar refractivity (Wildman–Crippen MR) is 128 cm³/mol. The summed E-state index contributed by atoms with van der Waals surface area (Å²) in [6.07, 6.45) is 4.37. The number of hydrogen-bond donors (Lipinski definition) is 1. The van der Waals surface area contributed by atoms with Gasteiger partial charge in [-0.3, -0.25) is 4.79 Å². The van der Waals surface area contributed by atoms with Crippen LogP contribution < -0.4 is 5.32 Å². The van der Waals surface area contributed by atoms with Gasteiger partial charge >= 0.3 is 0 Å². The van der Waals surface area contributed by atoms with Crippen LogP contribution in [0.25, 0.3) is 0 Å². The zero-order valence-electron chi connectivity index (χ0n) is 17.7. The maximum absolute atomic E-state index is 12.7. The highest BCUT2D eigenvalue weighted by molar-refractivity contribution is 14.0. The molecule has 1 fully saturated rings. The highest BCUT2D eigenvalue weighted by Gasteiger charge is 2.20. The topological polar surface area (TPSA) is 57.2 Å². The monoisotopic (exact) mass is 514 g/mol. The Labute approximate surface area is 192 Å². The maximum Gasteiger partial charge on any atom is 0.244 e. The van der Waals surface area contributed by atoms with Gasteiger partial charge in [-0.15, -0.1) is 24.0 Å². The van der Waals surface area contributed by atoms with Crippen LogP contribution in [0, 0.1) is 5.92 Å². The van der Waals surface area contributed by atoms with Gasteiger partial charge in [0.15, 0.2) is 5.96 Å². The van der Waals surface area contributed by atoms with Crippen LogP contribution >= 0.6 is 24.0 Å². The second-order valence-corrected chi connectivity index (χ2v) is 7.77. The van der Waals surface area contributed by atoms with E-state index >= 15 is 0 Å². The molecule has 0 saturated carbocycles. The number of carbonyl (C=O) groups excluding carboxylic acids is 1. The first-order valence-corrected chi connectivity index (χ1v) is 10.6. The van der Waals surface area contributed by atoms with Crippen molar-refractivity contribution in [3.63, 3.8) is 0 Å². The summed E-state index contributed by atoms with van der Waals surface area (Å²) in [4.78, 5) is 21.4. The van der Waals surface area contributed by atoms with E-state index in [1.807, 2.05) is 11.0 Å². The molecule has 2 heterocycles. The third-order valence-corrected chi connectivity index (χ3v) is 5.76. The maximum atomic E-state index is 12.7. The minimum absolute atomic E-state index is 0. The van der Waals surface area contributed by atoms with E-state index in [2.05, 4.69) is 47.4 Å². The Hall–Kier alpha value is -1.35. The molecule has 1 aromatic carbocycles. The number of guanidine groups is 1. The molecule has 2 aliphatic rings. The van der Waals surface area contributed by atoms with Gasteiger partial charge in [0.1, 0.15) is 6.54 Å². The molecule has 0 spiro atoms. The van der Waals surface area contributed by atoms with E-state index in [4.69, 9.17) is 4.74 Å². The first kappa shape index (κ1) is 23.9. The van der Waals surface area contributed by atoms with Crippen LogP contribution in [0.3, 0.4) is 0 Å². The largest absolute Gasteiger partial charge is 0.381 e. The summed E-state index contributed by atoms with van der Waals surface area (Å²) in [5.41, 5.74) is 2.61. The van der Waals surface area contributed by atoms with Crippen LogP contribution in [0.4, 0.5) is 0 Å². The molecule has 6 nitrogen and oxygen atoms in total. The van der Waals surface area contributed by atoms with Crippen LogP contribution in [0.2, 0.25) is 0 Å². The van der Waals surface area contributed by atoms with Gasteiger partial charge in [0, 0.05) is 46.4 Å². The van der Waals surface area contributed by atoms with Crippen LogP contribution in [0.5, 0.6) is 0 Å². The number of benzene rings is 1. The summed E-state index contributed by atoms with van der Waals surface area (Å²) < 4.78 is 5.45. The second-order valence-electron chi connectivity index (χ2n) is 7.77. The van der Waals surface area contributed by atoms with E-state index in [1.54, 1.807) is 0 Å². The number of halogens is 1.